The summed E-state index contributed by atoms with van der Waals surface area (Å²) in [5.74, 6) is 0.196. The molecule has 0 aliphatic heterocycles. The van der Waals surface area contributed by atoms with E-state index in [4.69, 9.17) is 26.3 Å². The molecule has 1 N–H and O–H groups in total. The molecule has 124 valence electrons. The number of nitrogens with zero attached hydrogens (tertiary/aromatic N) is 1. The molecule has 0 fully saturated rings. The fourth-order valence-electron chi connectivity index (χ4n) is 2.05. The standard InChI is InChI=1S/C17H14BrClN2O3/c1-3-24-16-12(6-10(9-20)7-15(16)23-2)17(22)21-11-4-5-13(18)14(19)8-11/h4-8H,3H2,1-2H3,(H,21,22). The first kappa shape index (κ1) is 18.1. The van der Waals surface area contributed by atoms with Crippen LogP contribution in [0.3, 0.4) is 0 Å². The van der Waals surface area contributed by atoms with Gasteiger partial charge in [0, 0.05) is 16.2 Å². The van der Waals surface area contributed by atoms with Gasteiger partial charge in [-0.1, -0.05) is 11.6 Å². The lowest BCUT2D eigenvalue weighted by atomic mass is 10.1. The number of nitriles is 1. The van der Waals surface area contributed by atoms with Crippen LogP contribution >= 0.6 is 27.5 Å². The third kappa shape index (κ3) is 3.99. The molecule has 0 aromatic heterocycles. The topological polar surface area (TPSA) is 71.3 Å². The van der Waals surface area contributed by atoms with Crippen molar-refractivity contribution in [3.05, 3.63) is 51.0 Å². The van der Waals surface area contributed by atoms with Gasteiger partial charge in [0.25, 0.3) is 5.91 Å². The van der Waals surface area contributed by atoms with Gasteiger partial charge in [0.15, 0.2) is 11.5 Å². The zero-order chi connectivity index (χ0) is 17.7. The van der Waals surface area contributed by atoms with E-state index >= 15 is 0 Å². The second kappa shape index (κ2) is 8.04. The Hall–Kier alpha value is -2.23. The maximum absolute atomic E-state index is 12.6. The molecule has 0 bridgehead atoms. The van der Waals surface area contributed by atoms with E-state index in [0.29, 0.717) is 34.4 Å². The molecule has 1 amide bonds. The van der Waals surface area contributed by atoms with Crippen LogP contribution in [-0.2, 0) is 0 Å². The fraction of sp³-hybridized carbons (Fsp3) is 0.176. The molecule has 2 aromatic carbocycles. The number of hydrogen-bond donors (Lipinski definition) is 1. The van der Waals surface area contributed by atoms with Crippen molar-refractivity contribution in [2.45, 2.75) is 6.92 Å². The zero-order valence-corrected chi connectivity index (χ0v) is 15.4. The van der Waals surface area contributed by atoms with Crippen LogP contribution in [0.25, 0.3) is 0 Å². The lowest BCUT2D eigenvalue weighted by Crippen LogP contribution is -2.14. The molecule has 2 aromatic rings. The van der Waals surface area contributed by atoms with Crippen molar-refractivity contribution in [1.82, 2.24) is 0 Å². The largest absolute Gasteiger partial charge is 0.493 e. The van der Waals surface area contributed by atoms with E-state index in [-0.39, 0.29) is 5.56 Å². The average molecular weight is 410 g/mol. The summed E-state index contributed by atoms with van der Waals surface area (Å²) in [5, 5.41) is 12.4. The van der Waals surface area contributed by atoms with Gasteiger partial charge in [-0.2, -0.15) is 5.26 Å². The van der Waals surface area contributed by atoms with Crippen LogP contribution in [0.4, 0.5) is 5.69 Å². The number of benzene rings is 2. The number of hydrogen-bond acceptors (Lipinski definition) is 4. The predicted octanol–water partition coefficient (Wildman–Crippen LogP) is 4.63. The monoisotopic (exact) mass is 408 g/mol. The van der Waals surface area contributed by atoms with Crippen molar-refractivity contribution in [1.29, 1.82) is 5.26 Å². The number of amides is 1. The van der Waals surface area contributed by atoms with Gasteiger partial charge in [0.2, 0.25) is 0 Å². The second-order valence-electron chi connectivity index (χ2n) is 4.68. The third-order valence-corrected chi connectivity index (χ3v) is 4.35. The van der Waals surface area contributed by atoms with Crippen molar-refractivity contribution in [3.8, 4) is 17.6 Å². The van der Waals surface area contributed by atoms with E-state index in [2.05, 4.69) is 21.2 Å². The molecule has 0 spiro atoms. The Morgan fingerprint density at radius 3 is 2.71 bits per heavy atom. The Labute approximate surface area is 153 Å². The quantitative estimate of drug-likeness (QED) is 0.781. The minimum Gasteiger partial charge on any atom is -0.493 e. The summed E-state index contributed by atoms with van der Waals surface area (Å²) in [6.45, 7) is 2.15. The number of halogens is 2. The Morgan fingerprint density at radius 1 is 1.38 bits per heavy atom. The molecule has 0 saturated carbocycles. The summed E-state index contributed by atoms with van der Waals surface area (Å²) in [4.78, 5) is 12.6. The van der Waals surface area contributed by atoms with Crippen molar-refractivity contribution in [2.24, 2.45) is 0 Å². The molecule has 2 rings (SSSR count). The van der Waals surface area contributed by atoms with E-state index in [1.54, 1.807) is 25.1 Å². The predicted molar refractivity (Wildman–Crippen MR) is 96.0 cm³/mol. The highest BCUT2D eigenvalue weighted by molar-refractivity contribution is 9.10. The lowest BCUT2D eigenvalue weighted by Gasteiger charge is -2.15. The van der Waals surface area contributed by atoms with Gasteiger partial charge in [-0.3, -0.25) is 4.79 Å². The molecule has 0 radical (unpaired) electrons. The number of carbonyl (C=O) groups excluding carboxylic acids is 1. The highest BCUT2D eigenvalue weighted by Gasteiger charge is 2.19. The fourth-order valence-corrected chi connectivity index (χ4v) is 2.48. The maximum Gasteiger partial charge on any atom is 0.259 e. The van der Waals surface area contributed by atoms with Gasteiger partial charge in [-0.05, 0) is 47.1 Å². The molecule has 0 saturated heterocycles. The summed E-state index contributed by atoms with van der Waals surface area (Å²) in [7, 11) is 1.45. The van der Waals surface area contributed by atoms with Gasteiger partial charge in [0.05, 0.1) is 35.9 Å². The first-order chi connectivity index (χ1) is 11.5. The van der Waals surface area contributed by atoms with E-state index < -0.39 is 5.91 Å². The third-order valence-electron chi connectivity index (χ3n) is 3.11. The molecule has 0 atom stereocenters. The van der Waals surface area contributed by atoms with Crippen LogP contribution < -0.4 is 14.8 Å². The molecule has 0 heterocycles. The summed E-state index contributed by atoms with van der Waals surface area (Å²) in [5.41, 5.74) is 1.04. The van der Waals surface area contributed by atoms with Crippen LogP contribution in [0.5, 0.6) is 11.5 Å². The summed E-state index contributed by atoms with van der Waals surface area (Å²) in [6.07, 6.45) is 0. The highest BCUT2D eigenvalue weighted by Crippen LogP contribution is 2.34. The van der Waals surface area contributed by atoms with Crippen molar-refractivity contribution < 1.29 is 14.3 Å². The number of rotatable bonds is 5. The Morgan fingerprint density at radius 2 is 2.12 bits per heavy atom. The lowest BCUT2D eigenvalue weighted by molar-refractivity contribution is 0.102. The first-order valence-corrected chi connectivity index (χ1v) is 8.18. The Kier molecular flexibility index (Phi) is 6.07. The number of carbonyl (C=O) groups is 1. The van der Waals surface area contributed by atoms with Crippen molar-refractivity contribution >= 4 is 39.1 Å². The van der Waals surface area contributed by atoms with E-state index in [1.807, 2.05) is 6.07 Å². The van der Waals surface area contributed by atoms with Gasteiger partial charge < -0.3 is 14.8 Å². The zero-order valence-electron chi connectivity index (χ0n) is 13.0. The van der Waals surface area contributed by atoms with Gasteiger partial charge in [-0.15, -0.1) is 0 Å². The molecule has 7 heteroatoms. The van der Waals surface area contributed by atoms with Gasteiger partial charge >= 0.3 is 0 Å². The van der Waals surface area contributed by atoms with E-state index in [9.17, 15) is 4.79 Å². The Bertz CT molecular complexity index is 818. The van der Waals surface area contributed by atoms with Crippen LogP contribution in [0.1, 0.15) is 22.8 Å². The van der Waals surface area contributed by atoms with Crippen LogP contribution in [0.15, 0.2) is 34.8 Å². The SMILES string of the molecule is CCOc1c(OC)cc(C#N)cc1C(=O)Nc1ccc(Br)c(Cl)c1. The second-order valence-corrected chi connectivity index (χ2v) is 5.94. The number of ether oxygens (including phenoxy) is 2. The maximum atomic E-state index is 12.6. The molecule has 5 nitrogen and oxygen atoms in total. The minimum absolute atomic E-state index is 0.215. The van der Waals surface area contributed by atoms with E-state index in [1.165, 1.54) is 19.2 Å². The van der Waals surface area contributed by atoms with Gasteiger partial charge in [0.1, 0.15) is 0 Å². The molecular formula is C17H14BrClN2O3. The Balaban J connectivity index is 2.43. The molecule has 0 unspecified atom stereocenters. The minimum atomic E-state index is -0.424. The highest BCUT2D eigenvalue weighted by atomic mass is 79.9. The molecule has 0 aliphatic rings. The van der Waals surface area contributed by atoms with Crippen molar-refractivity contribution in [2.75, 3.05) is 19.0 Å². The number of anilines is 1. The van der Waals surface area contributed by atoms with Gasteiger partial charge in [-0.25, -0.2) is 0 Å². The first-order valence-electron chi connectivity index (χ1n) is 7.01. The average Bonchev–Trinajstić information content (AvgIpc) is 2.58. The number of methoxy groups -OCH3 is 1. The molecular weight excluding hydrogens is 396 g/mol. The molecule has 24 heavy (non-hydrogen) atoms. The van der Waals surface area contributed by atoms with Crippen molar-refractivity contribution in [3.63, 3.8) is 0 Å². The smallest absolute Gasteiger partial charge is 0.259 e. The summed E-state index contributed by atoms with van der Waals surface area (Å²) >= 11 is 9.33. The van der Waals surface area contributed by atoms with Crippen LogP contribution in [-0.4, -0.2) is 19.6 Å². The summed E-state index contributed by atoms with van der Waals surface area (Å²) in [6, 6.07) is 10.0. The van der Waals surface area contributed by atoms with E-state index in [0.717, 1.165) is 4.47 Å². The number of nitrogens with one attached hydrogen (secondary N) is 1. The van der Waals surface area contributed by atoms with Crippen LogP contribution in [0.2, 0.25) is 5.02 Å². The normalized spacial score (nSPS) is 9.96. The summed E-state index contributed by atoms with van der Waals surface area (Å²) < 4.78 is 11.5. The molecule has 0 aliphatic carbocycles. The van der Waals surface area contributed by atoms with Crippen LogP contribution in [0, 0.1) is 11.3 Å².